The van der Waals surface area contributed by atoms with E-state index in [4.69, 9.17) is 9.90 Å². The molecule has 0 aliphatic carbocycles. The second-order valence-corrected chi connectivity index (χ2v) is 3.59. The van der Waals surface area contributed by atoms with E-state index in [2.05, 4.69) is 5.32 Å². The van der Waals surface area contributed by atoms with Gasteiger partial charge in [-0.15, -0.1) is 0 Å². The van der Waals surface area contributed by atoms with Crippen LogP contribution < -0.4 is 5.32 Å². The third-order valence-corrected chi connectivity index (χ3v) is 1.99. The Morgan fingerprint density at radius 3 is 1.78 bits per heavy atom. The topological polar surface area (TPSA) is 49.3 Å². The molecule has 0 amide bonds. The molecule has 3 nitrogen and oxygen atoms in total. The quantitative estimate of drug-likeness (QED) is 0.781. The highest BCUT2D eigenvalue weighted by Crippen LogP contribution is 2.31. The summed E-state index contributed by atoms with van der Waals surface area (Å²) in [6.45, 7) is 0.866. The lowest BCUT2D eigenvalue weighted by molar-refractivity contribution is -0.192. The van der Waals surface area contributed by atoms with Crippen molar-refractivity contribution in [1.29, 1.82) is 0 Å². The van der Waals surface area contributed by atoms with Crippen molar-refractivity contribution >= 4 is 5.97 Å². The van der Waals surface area contributed by atoms with Crippen LogP contribution in [0.15, 0.2) is 0 Å². The minimum absolute atomic E-state index is 0.279. The van der Waals surface area contributed by atoms with E-state index in [1.807, 2.05) is 0 Å². The molecule has 1 aliphatic rings. The predicted octanol–water partition coefficient (Wildman–Crippen LogP) is 2.13. The zero-order chi connectivity index (χ0) is 14.6. The molecular weight excluding hydrogens is 275 g/mol. The van der Waals surface area contributed by atoms with Gasteiger partial charge in [0.05, 0.1) is 0 Å². The van der Waals surface area contributed by atoms with Crippen LogP contribution in [0.4, 0.5) is 30.7 Å². The van der Waals surface area contributed by atoms with E-state index in [-0.39, 0.29) is 5.92 Å². The summed E-state index contributed by atoms with van der Waals surface area (Å²) in [5, 5.41) is 9.87. The Morgan fingerprint density at radius 1 is 1.22 bits per heavy atom. The van der Waals surface area contributed by atoms with Crippen molar-refractivity contribution in [1.82, 2.24) is 5.32 Å². The highest BCUT2D eigenvalue weighted by Gasteiger charge is 2.43. The number of nitrogens with one attached hydrogen (secondary N) is 1. The number of aliphatic carboxylic acids is 1. The molecule has 1 heterocycles. The van der Waals surface area contributed by atoms with Gasteiger partial charge in [0.1, 0.15) is 0 Å². The van der Waals surface area contributed by atoms with E-state index < -0.39 is 30.9 Å². The van der Waals surface area contributed by atoms with Crippen LogP contribution in [0, 0.1) is 5.92 Å². The minimum Gasteiger partial charge on any atom is -0.475 e. The number of carboxylic acids is 1. The van der Waals surface area contributed by atoms with E-state index in [0.29, 0.717) is 13.1 Å². The molecule has 0 aromatic rings. The first-order valence-corrected chi connectivity index (χ1v) is 4.63. The number of carboxylic acid groups (broad SMARTS) is 1. The Labute approximate surface area is 97.0 Å². The van der Waals surface area contributed by atoms with E-state index in [0.717, 1.165) is 0 Å². The molecule has 0 atom stereocenters. The molecule has 0 spiro atoms. The van der Waals surface area contributed by atoms with Gasteiger partial charge in [0.25, 0.3) is 0 Å². The van der Waals surface area contributed by atoms with Crippen molar-refractivity contribution < 1.29 is 40.6 Å². The molecule has 0 bridgehead atoms. The van der Waals surface area contributed by atoms with Crippen molar-refractivity contribution in [2.75, 3.05) is 13.1 Å². The van der Waals surface area contributed by atoms with Gasteiger partial charge >= 0.3 is 24.5 Å². The Kier molecular flexibility index (Phi) is 5.84. The fraction of sp³-hybridized carbons (Fsp3) is 0.875. The molecule has 18 heavy (non-hydrogen) atoms. The smallest absolute Gasteiger partial charge is 0.475 e. The molecule has 0 saturated carbocycles. The first kappa shape index (κ1) is 16.9. The highest BCUT2D eigenvalue weighted by atomic mass is 19.4. The summed E-state index contributed by atoms with van der Waals surface area (Å²) in [5.74, 6) is -6.83. The van der Waals surface area contributed by atoms with Gasteiger partial charge in [-0.2, -0.15) is 13.2 Å². The van der Waals surface area contributed by atoms with Crippen LogP contribution in [0.5, 0.6) is 0 Å². The molecule has 0 aromatic heterocycles. The average Bonchev–Trinajstić information content (AvgIpc) is 2.11. The molecule has 0 aromatic carbocycles. The van der Waals surface area contributed by atoms with Gasteiger partial charge in [-0.25, -0.2) is 22.4 Å². The Hall–Kier alpha value is -1.06. The first-order valence-electron chi connectivity index (χ1n) is 4.63. The largest absolute Gasteiger partial charge is 0.490 e. The predicted molar refractivity (Wildman–Crippen MR) is 45.6 cm³/mol. The molecule has 2 N–H and O–H groups in total. The first-order chi connectivity index (χ1) is 7.97. The standard InChI is InChI=1S/C6H9F4N.C2HF3O2/c7-5(8)6(9,10)1-4-2-11-3-4;3-2(4,5)1(6)7/h4-5,11H,1-3H2;(H,6,7). The van der Waals surface area contributed by atoms with E-state index >= 15 is 0 Å². The maximum absolute atomic E-state index is 12.2. The van der Waals surface area contributed by atoms with Crippen LogP contribution in [0.3, 0.4) is 0 Å². The third-order valence-electron chi connectivity index (χ3n) is 1.99. The van der Waals surface area contributed by atoms with Crippen molar-refractivity contribution in [3.05, 3.63) is 0 Å². The molecule has 0 radical (unpaired) electrons. The Balaban J connectivity index is 0.000000360. The lowest BCUT2D eigenvalue weighted by Gasteiger charge is -2.30. The van der Waals surface area contributed by atoms with Gasteiger partial charge in [-0.1, -0.05) is 0 Å². The maximum Gasteiger partial charge on any atom is 0.490 e. The van der Waals surface area contributed by atoms with E-state index in [1.165, 1.54) is 0 Å². The summed E-state index contributed by atoms with van der Waals surface area (Å²) in [5.41, 5.74) is 0. The summed E-state index contributed by atoms with van der Waals surface area (Å²) < 4.78 is 79.3. The summed E-state index contributed by atoms with van der Waals surface area (Å²) in [6.07, 6.45) is -9.30. The normalized spacial score (nSPS) is 16.9. The lowest BCUT2D eigenvalue weighted by Crippen LogP contribution is -2.46. The zero-order valence-electron chi connectivity index (χ0n) is 8.78. The van der Waals surface area contributed by atoms with Crippen molar-refractivity contribution in [2.45, 2.75) is 24.9 Å². The summed E-state index contributed by atoms with van der Waals surface area (Å²) in [7, 11) is 0. The Morgan fingerprint density at radius 2 is 1.61 bits per heavy atom. The molecular formula is C8H10F7NO2. The fourth-order valence-electron chi connectivity index (χ4n) is 0.967. The van der Waals surface area contributed by atoms with Crippen LogP contribution in [0.1, 0.15) is 6.42 Å². The molecule has 1 saturated heterocycles. The molecule has 1 aliphatic heterocycles. The van der Waals surface area contributed by atoms with Gasteiger partial charge < -0.3 is 10.4 Å². The SMILES string of the molecule is FC(F)C(F)(F)CC1CNC1.O=C(O)C(F)(F)F. The third kappa shape index (κ3) is 6.03. The zero-order valence-corrected chi connectivity index (χ0v) is 8.78. The Bertz CT molecular complexity index is 275. The molecule has 108 valence electrons. The summed E-state index contributed by atoms with van der Waals surface area (Å²) in [6, 6.07) is 0. The lowest BCUT2D eigenvalue weighted by atomic mass is 9.95. The monoisotopic (exact) mass is 285 g/mol. The van der Waals surface area contributed by atoms with Gasteiger partial charge in [0.15, 0.2) is 0 Å². The van der Waals surface area contributed by atoms with Gasteiger partial charge in [0, 0.05) is 6.42 Å². The van der Waals surface area contributed by atoms with Crippen LogP contribution in [0.25, 0.3) is 0 Å². The summed E-state index contributed by atoms with van der Waals surface area (Å²) >= 11 is 0. The van der Waals surface area contributed by atoms with Crippen molar-refractivity contribution in [3.63, 3.8) is 0 Å². The minimum atomic E-state index is -5.08. The van der Waals surface area contributed by atoms with E-state index in [9.17, 15) is 30.7 Å². The molecule has 10 heteroatoms. The van der Waals surface area contributed by atoms with Crippen molar-refractivity contribution in [2.24, 2.45) is 5.92 Å². The number of alkyl halides is 7. The maximum atomic E-state index is 12.2. The van der Waals surface area contributed by atoms with Gasteiger partial charge in [0.2, 0.25) is 0 Å². The highest BCUT2D eigenvalue weighted by molar-refractivity contribution is 5.73. The van der Waals surface area contributed by atoms with Crippen LogP contribution in [0.2, 0.25) is 0 Å². The molecule has 1 rings (SSSR count). The number of rotatable bonds is 3. The fourth-order valence-corrected chi connectivity index (χ4v) is 0.967. The molecule has 1 fully saturated rings. The number of halogens is 7. The van der Waals surface area contributed by atoms with Crippen molar-refractivity contribution in [3.8, 4) is 0 Å². The van der Waals surface area contributed by atoms with Crippen LogP contribution in [-0.4, -0.2) is 42.7 Å². The van der Waals surface area contributed by atoms with Gasteiger partial charge in [-0.05, 0) is 19.0 Å². The number of hydrogen-bond donors (Lipinski definition) is 2. The van der Waals surface area contributed by atoms with E-state index in [1.54, 1.807) is 0 Å². The average molecular weight is 285 g/mol. The van der Waals surface area contributed by atoms with Crippen LogP contribution >= 0.6 is 0 Å². The van der Waals surface area contributed by atoms with Gasteiger partial charge in [-0.3, -0.25) is 0 Å². The summed E-state index contributed by atoms with van der Waals surface area (Å²) in [4.78, 5) is 8.90. The van der Waals surface area contributed by atoms with Crippen LogP contribution in [-0.2, 0) is 4.79 Å². The number of carbonyl (C=O) groups is 1. The molecule has 0 unspecified atom stereocenters. The number of hydrogen-bond acceptors (Lipinski definition) is 2. The second-order valence-electron chi connectivity index (χ2n) is 3.59. The second kappa shape index (κ2) is 6.21.